The van der Waals surface area contributed by atoms with Gasteiger partial charge < -0.3 is 4.74 Å². The molecule has 0 atom stereocenters. The molecule has 2 aromatic carbocycles. The minimum atomic E-state index is -0.288. The number of unbranched alkanes of at least 4 members (excludes halogenated alkanes) is 4. The Hall–Kier alpha value is -2.35. The Morgan fingerprint density at radius 3 is 2.04 bits per heavy atom. The van der Waals surface area contributed by atoms with Gasteiger partial charge in [0.2, 0.25) is 0 Å². The molecule has 0 saturated carbocycles. The van der Waals surface area contributed by atoms with Crippen molar-refractivity contribution >= 4 is 11.5 Å². The quantitative estimate of drug-likeness (QED) is 0.262. The highest BCUT2D eigenvalue weighted by Crippen LogP contribution is 2.23. The highest BCUT2D eigenvalue weighted by molar-refractivity contribution is 5.91. The molecule has 144 valence electrons. The van der Waals surface area contributed by atoms with Crippen LogP contribution in [0.4, 0.5) is 0 Å². The molecular weight excluding hydrogens is 332 g/mol. The molecule has 0 aliphatic carbocycles. The van der Waals surface area contributed by atoms with E-state index in [1.165, 1.54) is 55.2 Å². The van der Waals surface area contributed by atoms with E-state index in [-0.39, 0.29) is 5.97 Å². The Balaban J connectivity index is 1.95. The lowest BCUT2D eigenvalue weighted by Crippen LogP contribution is -2.00. The van der Waals surface area contributed by atoms with Crippen LogP contribution in [0.5, 0.6) is 0 Å². The van der Waals surface area contributed by atoms with Crippen LogP contribution in [0, 0.1) is 0 Å². The number of rotatable bonds is 10. The number of aryl methyl sites for hydroxylation is 1. The number of hydrogen-bond acceptors (Lipinski definition) is 2. The Bertz CT molecular complexity index is 724. The summed E-state index contributed by atoms with van der Waals surface area (Å²) in [7, 11) is 0. The molecule has 0 unspecified atom stereocenters. The van der Waals surface area contributed by atoms with Crippen molar-refractivity contribution in [1.82, 2.24) is 0 Å². The van der Waals surface area contributed by atoms with Crippen molar-refractivity contribution in [3.8, 4) is 11.1 Å². The molecule has 2 aromatic rings. The van der Waals surface area contributed by atoms with Crippen LogP contribution in [-0.2, 0) is 16.0 Å². The molecular formula is C25H32O2. The van der Waals surface area contributed by atoms with Crippen molar-refractivity contribution in [2.75, 3.05) is 6.61 Å². The van der Waals surface area contributed by atoms with Crippen LogP contribution in [0.1, 0.15) is 64.0 Å². The largest absolute Gasteiger partial charge is 0.463 e. The van der Waals surface area contributed by atoms with Crippen LogP contribution >= 0.6 is 0 Å². The minimum absolute atomic E-state index is 0.288. The third-order valence-electron chi connectivity index (χ3n) is 4.82. The number of hydrogen-bond donors (Lipinski definition) is 0. The number of ether oxygens (including phenoxy) is 1. The van der Waals surface area contributed by atoms with Crippen molar-refractivity contribution in [3.05, 3.63) is 65.7 Å². The standard InChI is InChI=1S/C25H32O2/c1-4-6-7-8-9-10-21-11-13-23(14-12-21)24-17-15-22(16-18-24)20(3)19-25(26)27-5-2/h11-19H,4-10H2,1-3H3. The van der Waals surface area contributed by atoms with E-state index in [1.807, 2.05) is 13.8 Å². The SMILES string of the molecule is CCCCCCCc1ccc(-c2ccc(C(C)=CC(=O)OCC)cc2)cc1. The van der Waals surface area contributed by atoms with Gasteiger partial charge >= 0.3 is 5.97 Å². The van der Waals surface area contributed by atoms with Gasteiger partial charge in [-0.25, -0.2) is 4.79 Å². The summed E-state index contributed by atoms with van der Waals surface area (Å²) in [6.07, 6.45) is 9.32. The van der Waals surface area contributed by atoms with Gasteiger partial charge in [-0.1, -0.05) is 81.1 Å². The number of allylic oxidation sites excluding steroid dienone is 1. The second-order valence-electron chi connectivity index (χ2n) is 7.02. The molecule has 2 heteroatoms. The topological polar surface area (TPSA) is 26.3 Å². The first kappa shape index (κ1) is 21.0. The van der Waals surface area contributed by atoms with Crippen LogP contribution in [0.25, 0.3) is 16.7 Å². The molecule has 2 nitrogen and oxygen atoms in total. The lowest BCUT2D eigenvalue weighted by Gasteiger charge is -2.07. The van der Waals surface area contributed by atoms with E-state index < -0.39 is 0 Å². The highest BCUT2D eigenvalue weighted by Gasteiger charge is 2.03. The van der Waals surface area contributed by atoms with Crippen LogP contribution in [0.3, 0.4) is 0 Å². The van der Waals surface area contributed by atoms with E-state index >= 15 is 0 Å². The first-order valence-corrected chi connectivity index (χ1v) is 10.2. The number of carbonyl (C=O) groups is 1. The number of carbonyl (C=O) groups excluding carboxylic acids is 1. The second-order valence-corrected chi connectivity index (χ2v) is 7.02. The summed E-state index contributed by atoms with van der Waals surface area (Å²) >= 11 is 0. The van der Waals surface area contributed by atoms with Crippen LogP contribution in [0.2, 0.25) is 0 Å². The summed E-state index contributed by atoms with van der Waals surface area (Å²) in [6, 6.07) is 17.2. The van der Waals surface area contributed by atoms with E-state index in [4.69, 9.17) is 4.74 Å². The molecule has 0 spiro atoms. The van der Waals surface area contributed by atoms with E-state index in [0.29, 0.717) is 6.61 Å². The number of benzene rings is 2. The molecule has 0 amide bonds. The molecule has 0 aliphatic heterocycles. The summed E-state index contributed by atoms with van der Waals surface area (Å²) < 4.78 is 4.97. The molecule has 0 N–H and O–H groups in total. The number of esters is 1. The van der Waals surface area contributed by atoms with Gasteiger partial charge in [-0.3, -0.25) is 0 Å². The minimum Gasteiger partial charge on any atom is -0.463 e. The summed E-state index contributed by atoms with van der Waals surface area (Å²) in [5.41, 5.74) is 5.79. The van der Waals surface area contributed by atoms with Gasteiger partial charge in [-0.15, -0.1) is 0 Å². The lowest BCUT2D eigenvalue weighted by molar-refractivity contribution is -0.137. The van der Waals surface area contributed by atoms with Gasteiger partial charge in [0.05, 0.1) is 6.61 Å². The van der Waals surface area contributed by atoms with E-state index in [0.717, 1.165) is 11.1 Å². The third-order valence-corrected chi connectivity index (χ3v) is 4.82. The molecule has 0 saturated heterocycles. The zero-order chi connectivity index (χ0) is 19.5. The van der Waals surface area contributed by atoms with Gasteiger partial charge in [0, 0.05) is 6.08 Å². The maximum Gasteiger partial charge on any atom is 0.331 e. The molecule has 0 heterocycles. The fraction of sp³-hybridized carbons (Fsp3) is 0.400. The molecule has 0 aliphatic rings. The van der Waals surface area contributed by atoms with Gasteiger partial charge in [-0.2, -0.15) is 0 Å². The van der Waals surface area contributed by atoms with Crippen molar-refractivity contribution in [2.24, 2.45) is 0 Å². The van der Waals surface area contributed by atoms with E-state index in [2.05, 4.69) is 55.5 Å². The van der Waals surface area contributed by atoms with Gasteiger partial charge in [0.25, 0.3) is 0 Å². The molecule has 0 fully saturated rings. The summed E-state index contributed by atoms with van der Waals surface area (Å²) in [6.45, 7) is 6.40. The van der Waals surface area contributed by atoms with Gasteiger partial charge in [0.1, 0.15) is 0 Å². The van der Waals surface area contributed by atoms with E-state index in [9.17, 15) is 4.79 Å². The summed E-state index contributed by atoms with van der Waals surface area (Å²) in [5.74, 6) is -0.288. The van der Waals surface area contributed by atoms with Crippen molar-refractivity contribution in [2.45, 2.75) is 59.3 Å². The predicted molar refractivity (Wildman–Crippen MR) is 115 cm³/mol. The Morgan fingerprint density at radius 2 is 1.44 bits per heavy atom. The first-order valence-electron chi connectivity index (χ1n) is 10.2. The Labute approximate surface area is 164 Å². The van der Waals surface area contributed by atoms with Crippen molar-refractivity contribution in [1.29, 1.82) is 0 Å². The Morgan fingerprint density at radius 1 is 0.852 bits per heavy atom. The van der Waals surface area contributed by atoms with Crippen molar-refractivity contribution in [3.63, 3.8) is 0 Å². The second kappa shape index (κ2) is 11.4. The lowest BCUT2D eigenvalue weighted by atomic mass is 9.98. The molecule has 0 aromatic heterocycles. The van der Waals surface area contributed by atoms with Crippen molar-refractivity contribution < 1.29 is 9.53 Å². The maximum atomic E-state index is 11.6. The van der Waals surface area contributed by atoms with Gasteiger partial charge in [-0.05, 0) is 54.5 Å². The smallest absolute Gasteiger partial charge is 0.331 e. The summed E-state index contributed by atoms with van der Waals surface area (Å²) in [4.78, 5) is 11.6. The molecule has 27 heavy (non-hydrogen) atoms. The fourth-order valence-corrected chi connectivity index (χ4v) is 3.17. The van der Waals surface area contributed by atoms with Gasteiger partial charge in [0.15, 0.2) is 0 Å². The molecule has 2 rings (SSSR count). The highest BCUT2D eigenvalue weighted by atomic mass is 16.5. The first-order chi connectivity index (χ1) is 13.1. The normalized spacial score (nSPS) is 11.4. The third kappa shape index (κ3) is 7.05. The predicted octanol–water partition coefficient (Wildman–Crippen LogP) is 6.83. The fourth-order valence-electron chi connectivity index (χ4n) is 3.17. The summed E-state index contributed by atoms with van der Waals surface area (Å²) in [5, 5.41) is 0. The average Bonchev–Trinajstić information content (AvgIpc) is 2.68. The average molecular weight is 365 g/mol. The molecule has 0 radical (unpaired) electrons. The Kier molecular flexibility index (Phi) is 8.83. The van der Waals surface area contributed by atoms with Crippen LogP contribution in [-0.4, -0.2) is 12.6 Å². The van der Waals surface area contributed by atoms with Crippen LogP contribution < -0.4 is 0 Å². The monoisotopic (exact) mass is 364 g/mol. The van der Waals surface area contributed by atoms with Crippen LogP contribution in [0.15, 0.2) is 54.6 Å². The maximum absolute atomic E-state index is 11.6. The zero-order valence-electron chi connectivity index (χ0n) is 17.0. The zero-order valence-corrected chi connectivity index (χ0v) is 17.0. The molecule has 0 bridgehead atoms. The van der Waals surface area contributed by atoms with E-state index in [1.54, 1.807) is 6.08 Å².